The van der Waals surface area contributed by atoms with Gasteiger partial charge in [-0.15, -0.1) is 0 Å². The molecule has 0 spiro atoms. The van der Waals surface area contributed by atoms with Crippen LogP contribution in [0.2, 0.25) is 0 Å². The molecule has 3 heterocycles. The minimum Gasteiger partial charge on any atom is -0.265 e. The highest BCUT2D eigenvalue weighted by Crippen LogP contribution is 2.29. The van der Waals surface area contributed by atoms with Gasteiger partial charge in [0.25, 0.3) is 0 Å². The number of rotatable bonds is 4. The van der Waals surface area contributed by atoms with E-state index in [0.717, 1.165) is 56.7 Å². The number of hydrogen-bond donors (Lipinski definition) is 0. The predicted molar refractivity (Wildman–Crippen MR) is 171 cm³/mol. The van der Waals surface area contributed by atoms with Crippen LogP contribution in [-0.4, -0.2) is 24.9 Å². The zero-order valence-corrected chi connectivity index (χ0v) is 23.5. The predicted octanol–water partition coefficient (Wildman–Crippen LogP) is 8.79. The van der Waals surface area contributed by atoms with E-state index in [4.69, 9.17) is 4.98 Å². The van der Waals surface area contributed by atoms with Crippen molar-refractivity contribution in [1.29, 1.82) is 0 Å². The highest BCUT2D eigenvalue weighted by molar-refractivity contribution is 5.96. The molecule has 0 bridgehead atoms. The van der Waals surface area contributed by atoms with Crippen LogP contribution in [0.15, 0.2) is 140 Å². The summed E-state index contributed by atoms with van der Waals surface area (Å²) in [5.41, 5.74) is 8.09. The Kier molecular flexibility index (Phi) is 7.82. The van der Waals surface area contributed by atoms with Gasteiger partial charge in [-0.25, -0.2) is 19.9 Å². The molecule has 0 fully saturated rings. The highest BCUT2D eigenvalue weighted by Gasteiger charge is 2.09. The zero-order chi connectivity index (χ0) is 28.7. The average molecular weight is 544 g/mol. The molecule has 5 heteroatoms. The van der Waals surface area contributed by atoms with Crippen molar-refractivity contribution in [1.82, 2.24) is 24.9 Å². The van der Waals surface area contributed by atoms with Crippen molar-refractivity contribution >= 4 is 10.8 Å². The summed E-state index contributed by atoms with van der Waals surface area (Å²) in [5.74, 6) is 1.53. The molecule has 0 aliphatic carbocycles. The SMILES string of the molecule is Cc1cc(-c2cccc3ccccc23)nc(-c2ccccc2)n1.Cc1cc(-c2ccncc2)nc(-c2ccccc2)n1. The average Bonchev–Trinajstić information content (AvgIpc) is 3.05. The van der Waals surface area contributed by atoms with Crippen molar-refractivity contribution in [2.24, 2.45) is 0 Å². The van der Waals surface area contributed by atoms with Crippen molar-refractivity contribution in [3.8, 4) is 45.3 Å². The van der Waals surface area contributed by atoms with Crippen LogP contribution in [-0.2, 0) is 0 Å². The van der Waals surface area contributed by atoms with Gasteiger partial charge in [0, 0.05) is 46.0 Å². The molecule has 7 aromatic rings. The van der Waals surface area contributed by atoms with Crippen LogP contribution < -0.4 is 0 Å². The lowest BCUT2D eigenvalue weighted by Crippen LogP contribution is -1.95. The molecule has 0 amide bonds. The second-order valence-corrected chi connectivity index (χ2v) is 9.93. The summed E-state index contributed by atoms with van der Waals surface area (Å²) in [6.45, 7) is 4.00. The summed E-state index contributed by atoms with van der Waals surface area (Å²) in [5, 5.41) is 2.44. The van der Waals surface area contributed by atoms with E-state index in [1.54, 1.807) is 12.4 Å². The van der Waals surface area contributed by atoms with Crippen LogP contribution in [0.1, 0.15) is 11.4 Å². The minimum atomic E-state index is 0.757. The molecule has 202 valence electrons. The Morgan fingerprint density at radius 3 is 1.60 bits per heavy atom. The van der Waals surface area contributed by atoms with Crippen molar-refractivity contribution in [2.45, 2.75) is 13.8 Å². The van der Waals surface area contributed by atoms with Gasteiger partial charge in [-0.3, -0.25) is 4.98 Å². The highest BCUT2D eigenvalue weighted by atomic mass is 14.9. The maximum Gasteiger partial charge on any atom is 0.160 e. The Bertz CT molecular complexity index is 1880. The van der Waals surface area contributed by atoms with Crippen LogP contribution in [0.3, 0.4) is 0 Å². The van der Waals surface area contributed by atoms with Gasteiger partial charge in [0.1, 0.15) is 0 Å². The summed E-state index contributed by atoms with van der Waals surface area (Å²) >= 11 is 0. The number of pyridine rings is 1. The first kappa shape index (κ1) is 26.7. The van der Waals surface area contributed by atoms with Crippen molar-refractivity contribution < 1.29 is 0 Å². The Morgan fingerprint density at radius 1 is 0.429 bits per heavy atom. The summed E-state index contributed by atoms with van der Waals surface area (Å²) in [4.78, 5) is 22.6. The standard InChI is InChI=1S/C21H16N2.C16H13N3/c1-15-14-20(23-21(22-15)17-9-3-2-4-10-17)19-13-7-11-16-8-5-6-12-18(16)19;1-12-11-15(13-7-9-17-10-8-13)19-16(18-12)14-5-3-2-4-6-14/h2-14H,1H3;2-11H,1H3. The largest absolute Gasteiger partial charge is 0.265 e. The summed E-state index contributed by atoms with van der Waals surface area (Å²) in [6.07, 6.45) is 3.55. The van der Waals surface area contributed by atoms with Gasteiger partial charge in [0.15, 0.2) is 11.6 Å². The van der Waals surface area contributed by atoms with Gasteiger partial charge in [0.05, 0.1) is 11.4 Å². The second-order valence-electron chi connectivity index (χ2n) is 9.93. The molecule has 42 heavy (non-hydrogen) atoms. The molecule has 0 atom stereocenters. The fourth-order valence-corrected chi connectivity index (χ4v) is 4.83. The molecule has 0 saturated carbocycles. The normalized spacial score (nSPS) is 10.6. The first-order valence-electron chi connectivity index (χ1n) is 13.8. The molecule has 0 N–H and O–H groups in total. The molecular formula is C37H29N5. The summed E-state index contributed by atoms with van der Waals surface area (Å²) in [6, 6.07) is 42.8. The van der Waals surface area contributed by atoms with E-state index in [2.05, 4.69) is 62.4 Å². The monoisotopic (exact) mass is 543 g/mol. The van der Waals surface area contributed by atoms with Gasteiger partial charge in [0.2, 0.25) is 0 Å². The number of nitrogens with zero attached hydrogens (tertiary/aromatic N) is 5. The zero-order valence-electron chi connectivity index (χ0n) is 23.5. The van der Waals surface area contributed by atoms with Gasteiger partial charge in [-0.1, -0.05) is 103 Å². The number of hydrogen-bond acceptors (Lipinski definition) is 5. The van der Waals surface area contributed by atoms with E-state index in [1.165, 1.54) is 10.8 Å². The summed E-state index contributed by atoms with van der Waals surface area (Å²) in [7, 11) is 0. The lowest BCUT2D eigenvalue weighted by molar-refractivity contribution is 1.11. The fourth-order valence-electron chi connectivity index (χ4n) is 4.83. The molecule has 7 rings (SSSR count). The molecule has 0 radical (unpaired) electrons. The molecule has 3 aromatic heterocycles. The van der Waals surface area contributed by atoms with E-state index in [-0.39, 0.29) is 0 Å². The van der Waals surface area contributed by atoms with Crippen LogP contribution in [0, 0.1) is 13.8 Å². The van der Waals surface area contributed by atoms with Crippen molar-refractivity contribution in [2.75, 3.05) is 0 Å². The Hall–Kier alpha value is -5.55. The van der Waals surface area contributed by atoms with Gasteiger partial charge < -0.3 is 0 Å². The first-order chi connectivity index (χ1) is 20.6. The van der Waals surface area contributed by atoms with Gasteiger partial charge in [-0.05, 0) is 48.9 Å². The lowest BCUT2D eigenvalue weighted by Gasteiger charge is -2.09. The van der Waals surface area contributed by atoms with Crippen molar-refractivity contribution in [3.05, 3.63) is 151 Å². The van der Waals surface area contributed by atoms with E-state index in [9.17, 15) is 0 Å². The van der Waals surface area contributed by atoms with Crippen LogP contribution in [0.4, 0.5) is 0 Å². The van der Waals surface area contributed by atoms with Crippen molar-refractivity contribution in [3.63, 3.8) is 0 Å². The third kappa shape index (κ3) is 6.11. The molecular weight excluding hydrogens is 514 g/mol. The van der Waals surface area contributed by atoms with E-state index in [0.29, 0.717) is 0 Å². The molecule has 0 aliphatic rings. The first-order valence-corrected chi connectivity index (χ1v) is 13.8. The molecule has 0 saturated heterocycles. The van der Waals surface area contributed by atoms with Gasteiger partial charge in [-0.2, -0.15) is 0 Å². The number of fused-ring (bicyclic) bond motifs is 1. The number of benzene rings is 4. The Balaban J connectivity index is 0.000000153. The maximum atomic E-state index is 4.81. The molecule has 4 aromatic carbocycles. The molecule has 0 unspecified atom stereocenters. The quantitative estimate of drug-likeness (QED) is 0.222. The smallest absolute Gasteiger partial charge is 0.160 e. The lowest BCUT2D eigenvalue weighted by atomic mass is 10.0. The van der Waals surface area contributed by atoms with E-state index < -0.39 is 0 Å². The van der Waals surface area contributed by atoms with Crippen LogP contribution >= 0.6 is 0 Å². The maximum absolute atomic E-state index is 4.81. The second kappa shape index (κ2) is 12.3. The van der Waals surface area contributed by atoms with E-state index in [1.807, 2.05) is 98.8 Å². The third-order valence-corrected chi connectivity index (χ3v) is 6.81. The van der Waals surface area contributed by atoms with Crippen LogP contribution in [0.25, 0.3) is 56.1 Å². The van der Waals surface area contributed by atoms with Gasteiger partial charge >= 0.3 is 0 Å². The number of aromatic nitrogens is 5. The Morgan fingerprint density at radius 2 is 0.952 bits per heavy atom. The molecule has 5 nitrogen and oxygen atoms in total. The topological polar surface area (TPSA) is 64.5 Å². The van der Waals surface area contributed by atoms with Crippen LogP contribution in [0.5, 0.6) is 0 Å². The Labute approximate surface area is 245 Å². The minimum absolute atomic E-state index is 0.757. The number of aryl methyl sites for hydroxylation is 2. The fraction of sp³-hybridized carbons (Fsp3) is 0.0541. The van der Waals surface area contributed by atoms with E-state index >= 15 is 0 Å². The molecule has 0 aliphatic heterocycles. The summed E-state index contributed by atoms with van der Waals surface area (Å²) < 4.78 is 0. The third-order valence-electron chi connectivity index (χ3n) is 6.81.